The molecule has 6 rings (SSSR count). The van der Waals surface area contributed by atoms with Crippen molar-refractivity contribution in [3.8, 4) is 11.1 Å². The lowest BCUT2D eigenvalue weighted by Crippen LogP contribution is -2.41. The number of rotatable bonds is 5. The summed E-state index contributed by atoms with van der Waals surface area (Å²) in [6, 6.07) is 7.14. The molecule has 10 heteroatoms. The number of carbonyl (C=O) groups excluding carboxylic acids is 1. The SMILES string of the molecule is O=C1[C@H](Cc2c(Cl)cc(-c3ccc(N4CCOCC4)nc3F)cc2Cl)CCN1C1CCc2nc[nH]c2C1. The number of fused-ring (bicyclic) bond motifs is 1. The molecule has 3 aliphatic rings. The van der Waals surface area contributed by atoms with E-state index in [2.05, 4.69) is 15.0 Å². The average Bonchev–Trinajstić information content (AvgIpc) is 3.52. The Morgan fingerprint density at radius 2 is 1.89 bits per heavy atom. The molecule has 1 amide bonds. The summed E-state index contributed by atoms with van der Waals surface area (Å²) >= 11 is 13.3. The van der Waals surface area contributed by atoms with Crippen LogP contribution in [0.25, 0.3) is 11.1 Å². The number of nitrogens with one attached hydrogen (secondary N) is 1. The number of halogens is 3. The smallest absolute Gasteiger partial charge is 0.226 e. The summed E-state index contributed by atoms with van der Waals surface area (Å²) in [4.78, 5) is 29.1. The highest BCUT2D eigenvalue weighted by Crippen LogP contribution is 2.37. The molecule has 3 aromatic rings. The van der Waals surface area contributed by atoms with Crippen molar-refractivity contribution < 1.29 is 13.9 Å². The van der Waals surface area contributed by atoms with Crippen molar-refractivity contribution in [2.75, 3.05) is 37.7 Å². The molecule has 0 spiro atoms. The van der Waals surface area contributed by atoms with E-state index in [1.807, 2.05) is 15.9 Å². The Labute approximate surface area is 224 Å². The molecule has 2 fully saturated rings. The number of likely N-dealkylation sites (tertiary alicyclic amines) is 1. The summed E-state index contributed by atoms with van der Waals surface area (Å²) in [5, 5.41) is 0.871. The molecule has 2 aromatic heterocycles. The number of imidazole rings is 1. The third-order valence-corrected chi connectivity index (χ3v) is 8.50. The number of aromatic nitrogens is 3. The van der Waals surface area contributed by atoms with E-state index in [1.54, 1.807) is 24.5 Å². The number of aryl methyl sites for hydroxylation is 1. The first-order valence-corrected chi connectivity index (χ1v) is 13.5. The molecule has 2 aliphatic heterocycles. The highest BCUT2D eigenvalue weighted by Gasteiger charge is 2.38. The van der Waals surface area contributed by atoms with Crippen LogP contribution in [0.3, 0.4) is 0 Å². The molecular formula is C27H28Cl2FN5O2. The van der Waals surface area contributed by atoms with E-state index in [9.17, 15) is 4.79 Å². The fourth-order valence-electron chi connectivity index (χ4n) is 5.77. The number of anilines is 1. The van der Waals surface area contributed by atoms with Crippen molar-refractivity contribution in [3.63, 3.8) is 0 Å². The van der Waals surface area contributed by atoms with E-state index in [0.717, 1.165) is 49.2 Å². The number of ether oxygens (including phenoxy) is 1. The molecule has 2 saturated heterocycles. The van der Waals surface area contributed by atoms with Crippen LogP contribution in [0, 0.1) is 11.9 Å². The number of H-pyrrole nitrogens is 1. The Kier molecular flexibility index (Phi) is 6.82. The van der Waals surface area contributed by atoms with Crippen LogP contribution in [0.1, 0.15) is 29.8 Å². The quantitative estimate of drug-likeness (QED) is 0.472. The van der Waals surface area contributed by atoms with Gasteiger partial charge in [-0.25, -0.2) is 9.97 Å². The molecule has 2 atom stereocenters. The summed E-state index contributed by atoms with van der Waals surface area (Å²) in [6.45, 7) is 3.30. The summed E-state index contributed by atoms with van der Waals surface area (Å²) in [5.74, 6) is -0.00359. The number of benzene rings is 1. The summed E-state index contributed by atoms with van der Waals surface area (Å²) in [5.41, 5.74) is 3.87. The second-order valence-electron chi connectivity index (χ2n) is 9.97. The zero-order valence-electron chi connectivity index (χ0n) is 20.4. The molecule has 0 radical (unpaired) electrons. The van der Waals surface area contributed by atoms with Crippen LogP contribution in [0.4, 0.5) is 10.2 Å². The van der Waals surface area contributed by atoms with Crippen LogP contribution in [-0.4, -0.2) is 64.6 Å². The van der Waals surface area contributed by atoms with Gasteiger partial charge in [-0.05, 0) is 61.1 Å². The van der Waals surface area contributed by atoms with Crippen molar-refractivity contribution in [2.45, 2.75) is 38.1 Å². The fourth-order valence-corrected chi connectivity index (χ4v) is 6.41. The van der Waals surface area contributed by atoms with Gasteiger partial charge in [-0.2, -0.15) is 4.39 Å². The minimum Gasteiger partial charge on any atom is -0.378 e. The number of amides is 1. The lowest BCUT2D eigenvalue weighted by molar-refractivity contribution is -0.133. The fraction of sp³-hybridized carbons (Fsp3) is 0.444. The van der Waals surface area contributed by atoms with Gasteiger partial charge >= 0.3 is 0 Å². The van der Waals surface area contributed by atoms with Gasteiger partial charge in [-0.15, -0.1) is 0 Å². The van der Waals surface area contributed by atoms with Crippen molar-refractivity contribution in [1.29, 1.82) is 0 Å². The molecule has 7 nitrogen and oxygen atoms in total. The van der Waals surface area contributed by atoms with E-state index in [4.69, 9.17) is 27.9 Å². The molecule has 1 aromatic carbocycles. The minimum absolute atomic E-state index is 0.151. The molecule has 194 valence electrons. The predicted molar refractivity (Wildman–Crippen MR) is 141 cm³/mol. The van der Waals surface area contributed by atoms with E-state index >= 15 is 4.39 Å². The summed E-state index contributed by atoms with van der Waals surface area (Å²) in [7, 11) is 0. The van der Waals surface area contributed by atoms with E-state index < -0.39 is 5.95 Å². The van der Waals surface area contributed by atoms with E-state index in [-0.39, 0.29) is 17.9 Å². The molecule has 37 heavy (non-hydrogen) atoms. The maximum Gasteiger partial charge on any atom is 0.226 e. The van der Waals surface area contributed by atoms with Crippen LogP contribution >= 0.6 is 23.2 Å². The lowest BCUT2D eigenvalue weighted by atomic mass is 9.94. The second-order valence-corrected chi connectivity index (χ2v) is 10.8. The van der Waals surface area contributed by atoms with Crippen LogP contribution in [0.15, 0.2) is 30.6 Å². The van der Waals surface area contributed by atoms with Crippen LogP contribution in [0.2, 0.25) is 10.0 Å². The molecule has 0 bridgehead atoms. The first-order valence-electron chi connectivity index (χ1n) is 12.8. The number of aromatic amines is 1. The van der Waals surface area contributed by atoms with Crippen LogP contribution in [-0.2, 0) is 28.8 Å². The van der Waals surface area contributed by atoms with Gasteiger partial charge in [0.15, 0.2) is 0 Å². The topological polar surface area (TPSA) is 74.4 Å². The number of carbonyl (C=O) groups is 1. The van der Waals surface area contributed by atoms with E-state index in [0.29, 0.717) is 59.7 Å². The van der Waals surface area contributed by atoms with E-state index in [1.165, 1.54) is 0 Å². The Morgan fingerprint density at radius 3 is 2.65 bits per heavy atom. The first-order chi connectivity index (χ1) is 18.0. The van der Waals surface area contributed by atoms with Gasteiger partial charge in [-0.1, -0.05) is 23.2 Å². The van der Waals surface area contributed by atoms with Crippen molar-refractivity contribution >= 4 is 34.9 Å². The molecular weight excluding hydrogens is 516 g/mol. The molecule has 4 heterocycles. The maximum absolute atomic E-state index is 15.0. The van der Waals surface area contributed by atoms with Crippen LogP contribution < -0.4 is 4.90 Å². The second kappa shape index (κ2) is 10.2. The van der Waals surface area contributed by atoms with Gasteiger partial charge in [0.2, 0.25) is 11.9 Å². The Morgan fingerprint density at radius 1 is 1.11 bits per heavy atom. The average molecular weight is 544 g/mol. The Hall–Kier alpha value is -2.68. The highest BCUT2D eigenvalue weighted by atomic mass is 35.5. The Balaban J connectivity index is 1.16. The highest BCUT2D eigenvalue weighted by molar-refractivity contribution is 6.36. The molecule has 0 saturated carbocycles. The normalized spacial score (nSPS) is 22.0. The largest absolute Gasteiger partial charge is 0.378 e. The number of morpholine rings is 1. The van der Waals surface area contributed by atoms with Gasteiger partial charge in [0.25, 0.3) is 0 Å². The molecule has 1 N–H and O–H groups in total. The van der Waals surface area contributed by atoms with Gasteiger partial charge in [0.1, 0.15) is 5.82 Å². The van der Waals surface area contributed by atoms with Gasteiger partial charge in [0, 0.05) is 59.3 Å². The number of nitrogens with zero attached hydrogens (tertiary/aromatic N) is 4. The zero-order valence-corrected chi connectivity index (χ0v) is 21.9. The summed E-state index contributed by atoms with van der Waals surface area (Å²) < 4.78 is 20.4. The number of pyridine rings is 1. The first kappa shape index (κ1) is 24.6. The molecule has 1 unspecified atom stereocenters. The maximum atomic E-state index is 15.0. The lowest BCUT2D eigenvalue weighted by Gasteiger charge is -2.31. The summed E-state index contributed by atoms with van der Waals surface area (Å²) in [6.07, 6.45) is 5.59. The standard InChI is InChI=1S/C27H28Cl2FN5O2/c28-21-12-17(19-2-4-25(33-26(19)30)34-7-9-37-10-8-34)13-22(29)20(21)11-16-5-6-35(27(16)36)18-1-3-23-24(14-18)32-15-31-23/h2,4,12-13,15-16,18H,1,3,5-11,14H2,(H,31,32)/t16-,18?/m0/s1. The number of hydrogen-bond acceptors (Lipinski definition) is 5. The monoisotopic (exact) mass is 543 g/mol. The zero-order chi connectivity index (χ0) is 25.5. The minimum atomic E-state index is -0.571. The van der Waals surface area contributed by atoms with Crippen LogP contribution in [0.5, 0.6) is 0 Å². The van der Waals surface area contributed by atoms with Gasteiger partial charge in [-0.3, -0.25) is 4.79 Å². The van der Waals surface area contributed by atoms with Crippen molar-refractivity contribution in [3.05, 3.63) is 63.5 Å². The van der Waals surface area contributed by atoms with Gasteiger partial charge < -0.3 is 19.5 Å². The van der Waals surface area contributed by atoms with Crippen molar-refractivity contribution in [2.24, 2.45) is 5.92 Å². The molecule has 1 aliphatic carbocycles. The van der Waals surface area contributed by atoms with Crippen molar-refractivity contribution in [1.82, 2.24) is 19.9 Å². The third kappa shape index (κ3) is 4.82. The van der Waals surface area contributed by atoms with Gasteiger partial charge in [0.05, 0.1) is 25.2 Å². The Bertz CT molecular complexity index is 1300. The number of hydrogen-bond donors (Lipinski definition) is 1. The predicted octanol–water partition coefficient (Wildman–Crippen LogP) is 4.70. The third-order valence-electron chi connectivity index (χ3n) is 7.82.